The lowest BCUT2D eigenvalue weighted by Crippen LogP contribution is -2.55. The third kappa shape index (κ3) is 1.80. The predicted octanol–water partition coefficient (Wildman–Crippen LogP) is 1.14. The topological polar surface area (TPSA) is 72.8 Å². The van der Waals surface area contributed by atoms with Crippen LogP contribution in [-0.2, 0) is 19.1 Å². The first-order chi connectivity index (χ1) is 10.0. The Bertz CT molecular complexity index is 585. The quantitative estimate of drug-likeness (QED) is 0.610. The van der Waals surface area contributed by atoms with E-state index in [4.69, 9.17) is 9.47 Å². The summed E-state index contributed by atoms with van der Waals surface area (Å²) in [6.07, 6.45) is 8.98. The Morgan fingerprint density at radius 2 is 1.86 bits per heavy atom. The van der Waals surface area contributed by atoms with Crippen molar-refractivity contribution in [3.63, 3.8) is 0 Å². The standard InChI is InChI=1S/C16H18O5/c1-20-14(17)12-10-7-8-16(19,13(12)15(18)21-2)11-6-4-3-5-9(10)11/h3-4,7-11,19H,5-6H2,1-2H3/t9-,10+,11-,16+/m1/s1. The molecule has 0 aromatic carbocycles. The zero-order chi connectivity index (χ0) is 15.2. The molecule has 0 spiro atoms. The van der Waals surface area contributed by atoms with E-state index in [1.165, 1.54) is 14.2 Å². The zero-order valence-electron chi connectivity index (χ0n) is 12.0. The molecule has 5 heteroatoms. The van der Waals surface area contributed by atoms with Crippen molar-refractivity contribution in [3.8, 4) is 0 Å². The Morgan fingerprint density at radius 3 is 2.52 bits per heavy atom. The summed E-state index contributed by atoms with van der Waals surface area (Å²) in [6.45, 7) is 0. The van der Waals surface area contributed by atoms with E-state index >= 15 is 0 Å². The van der Waals surface area contributed by atoms with Crippen molar-refractivity contribution in [1.29, 1.82) is 0 Å². The highest BCUT2D eigenvalue weighted by atomic mass is 16.5. The van der Waals surface area contributed by atoms with Crippen LogP contribution in [0.25, 0.3) is 0 Å². The molecular weight excluding hydrogens is 272 g/mol. The second-order valence-corrected chi connectivity index (χ2v) is 5.70. The highest BCUT2D eigenvalue weighted by Gasteiger charge is 2.57. The van der Waals surface area contributed by atoms with Gasteiger partial charge in [-0.1, -0.05) is 24.3 Å². The lowest BCUT2D eigenvalue weighted by molar-refractivity contribution is -0.144. The molecule has 4 atom stereocenters. The first-order valence-electron chi connectivity index (χ1n) is 7.02. The van der Waals surface area contributed by atoms with Crippen LogP contribution in [0, 0.1) is 17.8 Å². The average Bonchev–Trinajstić information content (AvgIpc) is 2.53. The Morgan fingerprint density at radius 1 is 1.19 bits per heavy atom. The number of rotatable bonds is 2. The summed E-state index contributed by atoms with van der Waals surface area (Å²) in [5, 5.41) is 11.1. The summed E-state index contributed by atoms with van der Waals surface area (Å²) in [7, 11) is 2.52. The van der Waals surface area contributed by atoms with Gasteiger partial charge in [-0.2, -0.15) is 0 Å². The van der Waals surface area contributed by atoms with Crippen molar-refractivity contribution in [1.82, 2.24) is 0 Å². The van der Waals surface area contributed by atoms with Gasteiger partial charge in [-0.3, -0.25) is 0 Å². The van der Waals surface area contributed by atoms with E-state index < -0.39 is 17.5 Å². The number of aliphatic hydroxyl groups is 1. The fourth-order valence-electron chi connectivity index (χ4n) is 3.94. The van der Waals surface area contributed by atoms with Crippen molar-refractivity contribution in [3.05, 3.63) is 35.5 Å². The van der Waals surface area contributed by atoms with E-state index in [9.17, 15) is 14.7 Å². The summed E-state index contributed by atoms with van der Waals surface area (Å²) in [5.74, 6) is -1.46. The highest BCUT2D eigenvalue weighted by molar-refractivity contribution is 6.04. The smallest absolute Gasteiger partial charge is 0.337 e. The molecule has 2 bridgehead atoms. The monoisotopic (exact) mass is 290 g/mol. The third-order valence-electron chi connectivity index (χ3n) is 4.86. The molecule has 0 amide bonds. The lowest BCUT2D eigenvalue weighted by atomic mass is 9.54. The maximum absolute atomic E-state index is 12.2. The molecule has 0 aromatic heterocycles. The van der Waals surface area contributed by atoms with Crippen LogP contribution < -0.4 is 0 Å². The summed E-state index contributed by atoms with van der Waals surface area (Å²) >= 11 is 0. The molecular formula is C16H18O5. The van der Waals surface area contributed by atoms with E-state index in [-0.39, 0.29) is 28.9 Å². The maximum atomic E-state index is 12.2. The number of methoxy groups -OCH3 is 2. The average molecular weight is 290 g/mol. The largest absolute Gasteiger partial charge is 0.466 e. The maximum Gasteiger partial charge on any atom is 0.337 e. The van der Waals surface area contributed by atoms with Gasteiger partial charge in [-0.05, 0) is 18.8 Å². The first-order valence-corrected chi connectivity index (χ1v) is 7.02. The van der Waals surface area contributed by atoms with Gasteiger partial charge < -0.3 is 14.6 Å². The number of hydrogen-bond donors (Lipinski definition) is 1. The molecule has 0 aromatic rings. The van der Waals surface area contributed by atoms with E-state index in [1.807, 2.05) is 12.2 Å². The molecule has 0 saturated carbocycles. The summed E-state index contributed by atoms with van der Waals surface area (Å²) in [4.78, 5) is 24.3. The van der Waals surface area contributed by atoms with Crippen LogP contribution in [0.3, 0.4) is 0 Å². The predicted molar refractivity (Wildman–Crippen MR) is 74.0 cm³/mol. The third-order valence-corrected chi connectivity index (χ3v) is 4.86. The molecule has 0 heterocycles. The Balaban J connectivity index is 2.20. The van der Waals surface area contributed by atoms with E-state index in [0.29, 0.717) is 6.42 Å². The fourth-order valence-corrected chi connectivity index (χ4v) is 3.94. The molecule has 0 aliphatic heterocycles. The van der Waals surface area contributed by atoms with Gasteiger partial charge in [0.05, 0.1) is 25.4 Å². The molecule has 4 aliphatic rings. The van der Waals surface area contributed by atoms with Crippen LogP contribution in [0.1, 0.15) is 12.8 Å². The van der Waals surface area contributed by atoms with Gasteiger partial charge >= 0.3 is 11.9 Å². The van der Waals surface area contributed by atoms with Crippen LogP contribution in [0.4, 0.5) is 0 Å². The van der Waals surface area contributed by atoms with Crippen LogP contribution in [-0.4, -0.2) is 36.9 Å². The van der Waals surface area contributed by atoms with Gasteiger partial charge in [-0.25, -0.2) is 9.59 Å². The van der Waals surface area contributed by atoms with Gasteiger partial charge in [0, 0.05) is 11.8 Å². The van der Waals surface area contributed by atoms with Crippen molar-refractivity contribution < 1.29 is 24.2 Å². The minimum absolute atomic E-state index is 0.0425. The molecule has 0 radical (unpaired) electrons. The van der Waals surface area contributed by atoms with Crippen LogP contribution in [0.15, 0.2) is 35.5 Å². The van der Waals surface area contributed by atoms with Gasteiger partial charge in [0.2, 0.25) is 0 Å². The Labute approximate surface area is 122 Å². The number of ether oxygens (including phenoxy) is 2. The molecule has 112 valence electrons. The Hall–Kier alpha value is -1.88. The van der Waals surface area contributed by atoms with E-state index in [0.717, 1.165) is 6.42 Å². The fraction of sp³-hybridized carbons (Fsp3) is 0.500. The molecule has 0 unspecified atom stereocenters. The van der Waals surface area contributed by atoms with Crippen LogP contribution in [0.5, 0.6) is 0 Å². The number of allylic oxidation sites excluding steroid dienone is 3. The number of esters is 2. The molecule has 4 rings (SSSR count). The van der Waals surface area contributed by atoms with Gasteiger partial charge in [0.1, 0.15) is 5.60 Å². The van der Waals surface area contributed by atoms with Crippen LogP contribution >= 0.6 is 0 Å². The highest BCUT2D eigenvalue weighted by Crippen LogP contribution is 2.54. The lowest BCUT2D eigenvalue weighted by Gasteiger charge is -2.51. The molecule has 21 heavy (non-hydrogen) atoms. The minimum atomic E-state index is -1.46. The normalized spacial score (nSPS) is 36.4. The van der Waals surface area contributed by atoms with Crippen molar-refractivity contribution in [2.45, 2.75) is 18.4 Å². The number of carbonyl (C=O) groups excluding carboxylic acids is 2. The van der Waals surface area contributed by atoms with Crippen molar-refractivity contribution >= 4 is 11.9 Å². The molecule has 0 saturated heterocycles. The van der Waals surface area contributed by atoms with Crippen molar-refractivity contribution in [2.24, 2.45) is 17.8 Å². The summed E-state index contributed by atoms with van der Waals surface area (Å²) in [5.41, 5.74) is -1.17. The van der Waals surface area contributed by atoms with Gasteiger partial charge in [0.25, 0.3) is 0 Å². The van der Waals surface area contributed by atoms with Gasteiger partial charge in [-0.15, -0.1) is 0 Å². The van der Waals surface area contributed by atoms with E-state index in [2.05, 4.69) is 6.08 Å². The first kappa shape index (κ1) is 14.1. The summed E-state index contributed by atoms with van der Waals surface area (Å²) in [6, 6.07) is 0. The number of hydrogen-bond acceptors (Lipinski definition) is 5. The molecule has 0 fully saturated rings. The van der Waals surface area contributed by atoms with Crippen molar-refractivity contribution in [2.75, 3.05) is 14.2 Å². The summed E-state index contributed by atoms with van der Waals surface area (Å²) < 4.78 is 9.62. The van der Waals surface area contributed by atoms with E-state index in [1.54, 1.807) is 6.08 Å². The zero-order valence-corrected chi connectivity index (χ0v) is 12.0. The molecule has 5 nitrogen and oxygen atoms in total. The van der Waals surface area contributed by atoms with Crippen LogP contribution in [0.2, 0.25) is 0 Å². The minimum Gasteiger partial charge on any atom is -0.466 e. The number of carbonyl (C=O) groups is 2. The second-order valence-electron chi connectivity index (χ2n) is 5.70. The molecule has 1 N–H and O–H groups in total. The molecule has 4 aliphatic carbocycles. The second kappa shape index (κ2) is 4.84. The van der Waals surface area contributed by atoms with Gasteiger partial charge in [0.15, 0.2) is 0 Å². The Kier molecular flexibility index (Phi) is 3.24. The SMILES string of the molecule is COC(=O)C1=C(C(=O)OC)[C@]2(O)C=C[C@H]1[C@H]1CC=CC[C@H]12.